The number of carbonyl (C=O) groups excluding carboxylic acids is 2. The molecule has 6 nitrogen and oxygen atoms in total. The van der Waals surface area contributed by atoms with Gasteiger partial charge >= 0.3 is 0 Å². The van der Waals surface area contributed by atoms with Crippen molar-refractivity contribution in [2.24, 2.45) is 0 Å². The number of furan rings is 1. The van der Waals surface area contributed by atoms with Crippen molar-refractivity contribution < 1.29 is 19.1 Å². The molecule has 0 aliphatic carbocycles. The quantitative estimate of drug-likeness (QED) is 0.752. The normalized spacial score (nSPS) is 18.8. The van der Waals surface area contributed by atoms with Crippen molar-refractivity contribution in [3.8, 4) is 0 Å². The number of hydrogen-bond acceptors (Lipinski definition) is 5. The molecule has 1 atom stereocenters. The molecule has 0 saturated carbocycles. The van der Waals surface area contributed by atoms with Gasteiger partial charge in [-0.25, -0.2) is 5.01 Å². The second kappa shape index (κ2) is 4.79. The molecule has 1 aromatic heterocycles. The van der Waals surface area contributed by atoms with Crippen molar-refractivity contribution in [3.63, 3.8) is 0 Å². The number of hydrazine groups is 1. The molecule has 6 heteroatoms. The first-order valence-corrected chi connectivity index (χ1v) is 5.28. The highest BCUT2D eigenvalue weighted by Crippen LogP contribution is 2.27. The summed E-state index contributed by atoms with van der Waals surface area (Å²) in [5.74, 6) is -1.31. The second-order valence-electron chi connectivity index (χ2n) is 3.78. The average molecular weight is 247 g/mol. The van der Waals surface area contributed by atoms with Crippen LogP contribution in [-0.2, 0) is 9.59 Å². The minimum atomic E-state index is -1.42. The van der Waals surface area contributed by atoms with E-state index < -0.39 is 11.9 Å². The van der Waals surface area contributed by atoms with Gasteiger partial charge in [0.05, 0.1) is 12.2 Å². The van der Waals surface area contributed by atoms with Crippen LogP contribution in [0.5, 0.6) is 0 Å². The molecular weight excluding hydrogens is 236 g/mol. The fraction of sp³-hybridized carbons (Fsp3) is 0.167. The van der Waals surface area contributed by atoms with E-state index in [0.29, 0.717) is 11.8 Å². The number of allylic oxidation sites excluding steroid dienone is 1. The Kier molecular flexibility index (Phi) is 3.18. The van der Waals surface area contributed by atoms with Crippen molar-refractivity contribution >= 4 is 11.9 Å². The predicted molar refractivity (Wildman–Crippen MR) is 59.3 cm³/mol. The molecule has 0 fully saturated rings. The van der Waals surface area contributed by atoms with Crippen molar-refractivity contribution in [1.29, 1.82) is 0 Å². The largest absolute Gasteiger partial charge is 0.545 e. The third-order valence-corrected chi connectivity index (χ3v) is 2.42. The van der Waals surface area contributed by atoms with Crippen molar-refractivity contribution in [1.82, 2.24) is 10.4 Å². The first-order chi connectivity index (χ1) is 8.58. The van der Waals surface area contributed by atoms with E-state index in [-0.39, 0.29) is 6.04 Å². The van der Waals surface area contributed by atoms with Gasteiger partial charge in [0.25, 0.3) is 5.91 Å². The lowest BCUT2D eigenvalue weighted by atomic mass is 10.2. The zero-order valence-corrected chi connectivity index (χ0v) is 9.62. The molecule has 0 saturated heterocycles. The predicted octanol–water partition coefficient (Wildman–Crippen LogP) is -0.123. The molecule has 1 amide bonds. The van der Waals surface area contributed by atoms with Crippen LogP contribution in [0.2, 0.25) is 0 Å². The minimum absolute atomic E-state index is 0.390. The van der Waals surface area contributed by atoms with Gasteiger partial charge in [-0.3, -0.25) is 10.2 Å². The first-order valence-electron chi connectivity index (χ1n) is 5.28. The van der Waals surface area contributed by atoms with Gasteiger partial charge < -0.3 is 14.3 Å². The van der Waals surface area contributed by atoms with Crippen LogP contribution in [0.15, 0.2) is 46.7 Å². The van der Waals surface area contributed by atoms with E-state index in [1.165, 1.54) is 11.3 Å². The van der Waals surface area contributed by atoms with Crippen molar-refractivity contribution in [3.05, 3.63) is 48.1 Å². The maximum Gasteiger partial charge on any atom is 0.265 e. The fourth-order valence-corrected chi connectivity index (χ4v) is 1.69. The summed E-state index contributed by atoms with van der Waals surface area (Å²) < 4.78 is 5.24. The highest BCUT2D eigenvalue weighted by atomic mass is 16.4. The van der Waals surface area contributed by atoms with Crippen molar-refractivity contribution in [2.75, 3.05) is 0 Å². The maximum atomic E-state index is 11.8. The molecule has 18 heavy (non-hydrogen) atoms. The number of amides is 1. The van der Waals surface area contributed by atoms with Gasteiger partial charge in [0, 0.05) is 11.8 Å². The molecule has 94 valence electrons. The number of nitrogens with zero attached hydrogens (tertiary/aromatic N) is 1. The molecule has 1 aromatic rings. The van der Waals surface area contributed by atoms with Crippen LogP contribution in [0.1, 0.15) is 18.7 Å². The monoisotopic (exact) mass is 247 g/mol. The van der Waals surface area contributed by atoms with E-state index >= 15 is 0 Å². The lowest BCUT2D eigenvalue weighted by Crippen LogP contribution is -2.38. The Morgan fingerprint density at radius 3 is 2.89 bits per heavy atom. The number of carboxylic acids is 1. The average Bonchev–Trinajstić information content (AvgIpc) is 2.93. The molecular formula is C12H11N2O4-. The molecule has 1 aliphatic heterocycles. The third kappa shape index (κ3) is 2.42. The van der Waals surface area contributed by atoms with Crippen LogP contribution in [0.3, 0.4) is 0 Å². The molecule has 0 radical (unpaired) electrons. The third-order valence-electron chi connectivity index (χ3n) is 2.42. The Bertz CT molecular complexity index is 516. The Hall–Kier alpha value is -2.50. The SMILES string of the molecule is CC1=C[C@@H](c2ccco2)N(C(=O)C=CC(=O)[O-])N1. The van der Waals surface area contributed by atoms with Gasteiger partial charge in [0.2, 0.25) is 0 Å². The topological polar surface area (TPSA) is 85.6 Å². The highest BCUT2D eigenvalue weighted by Gasteiger charge is 2.29. The number of aliphatic carboxylic acids is 1. The number of carboxylic acid groups (broad SMARTS) is 1. The van der Waals surface area contributed by atoms with Crippen LogP contribution in [0.25, 0.3) is 0 Å². The number of nitrogens with one attached hydrogen (secondary N) is 1. The molecule has 0 aromatic carbocycles. The Morgan fingerprint density at radius 2 is 2.28 bits per heavy atom. The molecule has 1 aliphatic rings. The number of hydrogen-bond donors (Lipinski definition) is 1. The lowest BCUT2D eigenvalue weighted by Gasteiger charge is -2.22. The maximum absolute atomic E-state index is 11.8. The highest BCUT2D eigenvalue weighted by molar-refractivity contribution is 5.93. The second-order valence-corrected chi connectivity index (χ2v) is 3.78. The molecule has 0 bridgehead atoms. The Balaban J connectivity index is 2.18. The van der Waals surface area contributed by atoms with E-state index in [0.717, 1.165) is 11.8 Å². The van der Waals surface area contributed by atoms with Gasteiger partial charge in [0.1, 0.15) is 11.8 Å². The molecule has 1 N–H and O–H groups in total. The van der Waals surface area contributed by atoms with Crippen LogP contribution >= 0.6 is 0 Å². The van der Waals surface area contributed by atoms with E-state index in [9.17, 15) is 14.7 Å². The van der Waals surface area contributed by atoms with Gasteiger partial charge in [-0.05, 0) is 31.2 Å². The summed E-state index contributed by atoms with van der Waals surface area (Å²) in [4.78, 5) is 22.1. The van der Waals surface area contributed by atoms with E-state index in [4.69, 9.17) is 4.42 Å². The summed E-state index contributed by atoms with van der Waals surface area (Å²) in [5, 5.41) is 11.6. The Labute approximate surface area is 103 Å². The van der Waals surface area contributed by atoms with Crippen molar-refractivity contribution in [2.45, 2.75) is 13.0 Å². The number of carbonyl (C=O) groups is 2. The smallest absolute Gasteiger partial charge is 0.265 e. The van der Waals surface area contributed by atoms with E-state index in [1.54, 1.807) is 19.1 Å². The summed E-state index contributed by atoms with van der Waals surface area (Å²) >= 11 is 0. The molecule has 0 spiro atoms. The van der Waals surface area contributed by atoms with E-state index in [2.05, 4.69) is 5.43 Å². The summed E-state index contributed by atoms with van der Waals surface area (Å²) in [7, 11) is 0. The molecule has 2 rings (SSSR count). The van der Waals surface area contributed by atoms with Gasteiger partial charge in [-0.2, -0.15) is 0 Å². The minimum Gasteiger partial charge on any atom is -0.545 e. The van der Waals surface area contributed by atoms with Crippen LogP contribution < -0.4 is 10.5 Å². The lowest BCUT2D eigenvalue weighted by molar-refractivity contribution is -0.297. The van der Waals surface area contributed by atoms with Gasteiger partial charge in [-0.1, -0.05) is 0 Å². The zero-order valence-electron chi connectivity index (χ0n) is 9.62. The standard InChI is InChI=1S/C12H12N2O4/c1-8-7-9(10-3-2-6-18-10)14(13-8)11(15)4-5-12(16)17/h2-7,9,13H,1H3,(H,16,17)/p-1/t9-/m0/s1. The number of rotatable bonds is 3. The van der Waals surface area contributed by atoms with Gasteiger partial charge in [-0.15, -0.1) is 0 Å². The Morgan fingerprint density at radius 1 is 1.50 bits per heavy atom. The van der Waals surface area contributed by atoms with E-state index in [1.807, 2.05) is 6.08 Å². The van der Waals surface area contributed by atoms with Crippen LogP contribution in [0, 0.1) is 0 Å². The van der Waals surface area contributed by atoms with Crippen LogP contribution in [0.4, 0.5) is 0 Å². The summed E-state index contributed by atoms with van der Waals surface area (Å²) in [6.07, 6.45) is 4.95. The fourth-order valence-electron chi connectivity index (χ4n) is 1.69. The molecule has 0 unspecified atom stereocenters. The summed E-state index contributed by atoms with van der Waals surface area (Å²) in [6.45, 7) is 1.80. The summed E-state index contributed by atoms with van der Waals surface area (Å²) in [6, 6.07) is 3.07. The van der Waals surface area contributed by atoms with Crippen LogP contribution in [-0.4, -0.2) is 16.9 Å². The molecule has 2 heterocycles. The zero-order chi connectivity index (χ0) is 13.1. The van der Waals surface area contributed by atoms with Gasteiger partial charge in [0.15, 0.2) is 0 Å². The first kappa shape index (κ1) is 12.0. The summed E-state index contributed by atoms with van der Waals surface area (Å²) in [5.41, 5.74) is 3.62.